The van der Waals surface area contributed by atoms with Crippen molar-refractivity contribution in [3.05, 3.63) is 353 Å². The third-order valence-corrected chi connectivity index (χ3v) is 23.1. The molecule has 0 unspecified atom stereocenters. The Bertz CT molecular complexity index is 5450. The number of rotatable bonds is 23. The number of aromatic hydroxyl groups is 1. The molecule has 16 rings (SSSR count). The van der Waals surface area contributed by atoms with E-state index in [2.05, 4.69) is 194 Å². The smallest absolute Gasteiger partial charge is 0.341 e. The first-order valence-electron chi connectivity index (χ1n) is 40.1. The maximum atomic E-state index is 12.8. The van der Waals surface area contributed by atoms with Crippen LogP contribution in [0.4, 0.5) is 0 Å². The molecule has 119 heavy (non-hydrogen) atoms. The fraction of sp³-hybridized carbons (Fsp3) is 0.267. The molecule has 0 saturated carbocycles. The molecule has 0 radical (unpaired) electrons. The number of amides is 1. The zero-order chi connectivity index (χ0) is 81.5. The number of hydrogen-bond acceptors (Lipinski definition) is 11. The lowest BCUT2D eigenvalue weighted by molar-refractivity contribution is -0.118. The lowest BCUT2D eigenvalue weighted by Crippen LogP contribution is -2.30. The number of fused-ring (bicyclic) bond motifs is 4. The number of aryl methyl sites for hydroxylation is 3. The van der Waals surface area contributed by atoms with E-state index < -0.39 is 11.9 Å². The summed E-state index contributed by atoms with van der Waals surface area (Å²) in [6, 6.07) is 79.8. The number of carbonyl (C=O) groups excluding carboxylic acids is 4. The number of alkyl halides is 1. The monoisotopic (exact) mass is 1660 g/mol. The standard InChI is InChI=1S/C30H34N2O4.C24H22O3.C24H22O2.C14H13Br.C10H10O2.3CH4/c1-20-23(11-7-12-25(20)22-9-5-4-6-10-22)19-36-29-27-14-8-13-26(27)24(17-28(29)30(34)35-3)18-31-15-16-32-21(2)33;1-16-19(10-6-11-20(16)17-7-3-2-4-8-17)15-27-23-21-12-5-9-18(21)13-14-22(23)24(25)26;1-17-21(10-6-11-22(17)18-7-3-2-4-8-18)16-26-24-20(15-25)14-13-19-9-5-12-23(19)24;1-11-13(10-15)8-5-9-14(11)12-6-3-2-4-7-12;11-6-8-5-4-7-2-1-3-9(7)10(8)12;;;/h4-7,9-12,17,31H,8,13-16,18-19H2,1-3H3,(H,32,33);2-4,6-8,10-11,13-14H,5,9,12,15H2,1H3,(H,25,26);2-4,6-8,10-11,13-15H,5,9,12,16H2,1H3;2-9H,10H2,1H3;4-6,12H,1-3H2;3*1H4. The summed E-state index contributed by atoms with van der Waals surface area (Å²) in [6.45, 7) is 13.1. The molecular formula is C105H113BrN2O11. The van der Waals surface area contributed by atoms with Crippen LogP contribution in [0.2, 0.25) is 0 Å². The molecule has 0 fully saturated rings. The number of methoxy groups -OCH3 is 1. The number of esters is 1. The summed E-state index contributed by atoms with van der Waals surface area (Å²) >= 11 is 3.52. The summed E-state index contributed by atoms with van der Waals surface area (Å²) in [6.07, 6.45) is 13.6. The van der Waals surface area contributed by atoms with Crippen molar-refractivity contribution in [1.29, 1.82) is 0 Å². The molecule has 0 heterocycles. The molecule has 0 aromatic heterocycles. The minimum absolute atomic E-state index is 0. The predicted molar refractivity (Wildman–Crippen MR) is 487 cm³/mol. The van der Waals surface area contributed by atoms with Crippen molar-refractivity contribution in [2.75, 3.05) is 20.2 Å². The zero-order valence-electron chi connectivity index (χ0n) is 67.1. The van der Waals surface area contributed by atoms with Gasteiger partial charge in [0.2, 0.25) is 5.91 Å². The maximum Gasteiger partial charge on any atom is 0.341 e. The normalized spacial score (nSPS) is 12.1. The number of halogens is 1. The Morgan fingerprint density at radius 2 is 0.773 bits per heavy atom. The van der Waals surface area contributed by atoms with Gasteiger partial charge in [0.05, 0.1) is 18.2 Å². The fourth-order valence-corrected chi connectivity index (χ4v) is 16.7. The van der Waals surface area contributed by atoms with Crippen molar-refractivity contribution in [3.8, 4) is 67.5 Å². The Labute approximate surface area is 712 Å². The highest BCUT2D eigenvalue weighted by Crippen LogP contribution is 2.41. The molecule has 1 amide bonds. The Hall–Kier alpha value is -12.0. The molecule has 616 valence electrons. The minimum Gasteiger partial charge on any atom is -0.507 e. The van der Waals surface area contributed by atoms with Gasteiger partial charge in [0.1, 0.15) is 53.9 Å². The van der Waals surface area contributed by atoms with Crippen LogP contribution >= 0.6 is 15.9 Å². The quantitative estimate of drug-likeness (QED) is 0.0206. The molecular weight excluding hydrogens is 1550 g/mol. The van der Waals surface area contributed by atoms with Crippen molar-refractivity contribution < 1.29 is 53.1 Å². The van der Waals surface area contributed by atoms with Gasteiger partial charge in [0, 0.05) is 31.9 Å². The minimum atomic E-state index is -0.936. The van der Waals surface area contributed by atoms with E-state index in [4.69, 9.17) is 18.9 Å². The zero-order valence-corrected chi connectivity index (χ0v) is 68.6. The Balaban J connectivity index is 0.000000176. The van der Waals surface area contributed by atoms with Crippen molar-refractivity contribution in [1.82, 2.24) is 10.6 Å². The van der Waals surface area contributed by atoms with E-state index in [0.29, 0.717) is 73.9 Å². The second-order valence-corrected chi connectivity index (χ2v) is 30.2. The van der Waals surface area contributed by atoms with Gasteiger partial charge >= 0.3 is 11.9 Å². The van der Waals surface area contributed by atoms with E-state index >= 15 is 0 Å². The molecule has 0 spiro atoms. The summed E-state index contributed by atoms with van der Waals surface area (Å²) in [7, 11) is 1.40. The van der Waals surface area contributed by atoms with Gasteiger partial charge in [-0.3, -0.25) is 14.4 Å². The van der Waals surface area contributed by atoms with Crippen LogP contribution in [0.3, 0.4) is 0 Å². The van der Waals surface area contributed by atoms with Crippen molar-refractivity contribution in [2.24, 2.45) is 0 Å². The van der Waals surface area contributed by atoms with E-state index in [0.717, 1.165) is 139 Å². The van der Waals surface area contributed by atoms with Gasteiger partial charge in [-0.25, -0.2) is 9.59 Å². The Kier molecular flexibility index (Phi) is 34.0. The Morgan fingerprint density at radius 1 is 0.403 bits per heavy atom. The van der Waals surface area contributed by atoms with Crippen molar-refractivity contribution in [2.45, 2.75) is 166 Å². The number of nitrogens with one attached hydrogen (secondary N) is 2. The fourth-order valence-electron chi connectivity index (χ4n) is 16.1. The van der Waals surface area contributed by atoms with Crippen LogP contribution in [0, 0.1) is 27.7 Å². The van der Waals surface area contributed by atoms with Crippen LogP contribution in [-0.4, -0.2) is 60.8 Å². The van der Waals surface area contributed by atoms with Crippen LogP contribution in [0.15, 0.2) is 237 Å². The number of carboxylic acid groups (broad SMARTS) is 1. The molecule has 4 N–H and O–H groups in total. The highest BCUT2D eigenvalue weighted by atomic mass is 79.9. The molecule has 12 aromatic rings. The molecule has 14 heteroatoms. The van der Waals surface area contributed by atoms with Gasteiger partial charge in [-0.05, 0) is 268 Å². The second-order valence-electron chi connectivity index (χ2n) is 29.6. The third-order valence-electron chi connectivity index (χ3n) is 22.5. The molecule has 0 saturated heterocycles. The van der Waals surface area contributed by atoms with Crippen molar-refractivity contribution in [3.63, 3.8) is 0 Å². The van der Waals surface area contributed by atoms with Crippen LogP contribution < -0.4 is 24.8 Å². The number of aromatic carboxylic acids is 1. The molecule has 13 nitrogen and oxygen atoms in total. The first-order valence-corrected chi connectivity index (χ1v) is 41.2. The summed E-state index contributed by atoms with van der Waals surface area (Å²) in [5, 5.41) is 26.2. The number of phenolic OH excluding ortho intramolecular Hbond substituents is 1. The first-order chi connectivity index (χ1) is 56.6. The lowest BCUT2D eigenvalue weighted by Gasteiger charge is -2.19. The predicted octanol–water partition coefficient (Wildman–Crippen LogP) is 23.9. The largest absolute Gasteiger partial charge is 0.507 e. The summed E-state index contributed by atoms with van der Waals surface area (Å²) in [5.41, 5.74) is 31.5. The maximum absolute atomic E-state index is 12.8. The Morgan fingerprint density at radius 3 is 1.20 bits per heavy atom. The summed E-state index contributed by atoms with van der Waals surface area (Å²) in [5.74, 6) is 0.780. The first kappa shape index (κ1) is 90.9. The number of hydrogen-bond donors (Lipinski definition) is 4. The van der Waals surface area contributed by atoms with E-state index in [1.807, 2.05) is 84.9 Å². The van der Waals surface area contributed by atoms with E-state index in [1.165, 1.54) is 109 Å². The number of phenols is 1. The van der Waals surface area contributed by atoms with E-state index in [1.54, 1.807) is 12.1 Å². The van der Waals surface area contributed by atoms with Gasteiger partial charge in [-0.1, -0.05) is 251 Å². The highest BCUT2D eigenvalue weighted by Gasteiger charge is 2.28. The van der Waals surface area contributed by atoms with Gasteiger partial charge in [-0.2, -0.15) is 0 Å². The molecule has 4 aliphatic carbocycles. The number of ether oxygens (including phenoxy) is 4. The number of aldehydes is 2. The van der Waals surface area contributed by atoms with Gasteiger partial charge < -0.3 is 39.8 Å². The number of benzene rings is 12. The van der Waals surface area contributed by atoms with E-state index in [-0.39, 0.29) is 39.5 Å². The van der Waals surface area contributed by atoms with Gasteiger partial charge in [0.25, 0.3) is 0 Å². The SMILES string of the molecule is C.C.C.COC(=O)c1cc(CNCCNC(C)=O)c2c(c1OCc1cccc(-c3ccccc3)c1C)CCC2.Cc1c(CBr)cccc1-c1ccccc1.Cc1c(COc2c(C(=O)O)ccc3c2CCC3)cccc1-c1ccccc1.Cc1c(COc2c(C=O)ccc3c2CCC3)cccc1-c1ccccc1.O=Cc1ccc2c(c1O)CCC2. The molecule has 0 bridgehead atoms. The van der Waals surface area contributed by atoms with Crippen LogP contribution in [0.25, 0.3) is 44.5 Å². The second kappa shape index (κ2) is 44.6. The molecule has 12 aromatic carbocycles. The average molecular weight is 1660 g/mol. The van der Waals surface area contributed by atoms with E-state index in [9.17, 15) is 34.2 Å². The van der Waals surface area contributed by atoms with Crippen LogP contribution in [-0.2, 0) is 92.6 Å². The molecule has 0 aliphatic heterocycles. The summed E-state index contributed by atoms with van der Waals surface area (Å²) < 4.78 is 23.9. The topological polar surface area (TPSA) is 187 Å². The number of carbonyl (C=O) groups is 5. The third kappa shape index (κ3) is 22.5. The lowest BCUT2D eigenvalue weighted by atomic mass is 9.96. The van der Waals surface area contributed by atoms with Crippen LogP contribution in [0.5, 0.6) is 23.0 Å². The van der Waals surface area contributed by atoms with Gasteiger partial charge in [-0.15, -0.1) is 0 Å². The van der Waals surface area contributed by atoms with Crippen molar-refractivity contribution >= 4 is 46.3 Å². The van der Waals surface area contributed by atoms with Crippen LogP contribution in [0.1, 0.15) is 191 Å². The number of carboxylic acids is 1. The van der Waals surface area contributed by atoms with Gasteiger partial charge in [0.15, 0.2) is 12.6 Å². The average Bonchev–Trinajstić information content (AvgIpc) is 1.70. The highest BCUT2D eigenvalue weighted by molar-refractivity contribution is 9.08. The summed E-state index contributed by atoms with van der Waals surface area (Å²) in [4.78, 5) is 57.5. The molecule has 0 atom stereocenters. The molecule has 4 aliphatic rings.